The highest BCUT2D eigenvalue weighted by atomic mass is 32.2. The fourth-order valence-electron chi connectivity index (χ4n) is 3.18. The minimum absolute atomic E-state index is 0.0270. The first kappa shape index (κ1) is 16.4. The maximum atomic E-state index is 5.70. The molecule has 25 heavy (non-hydrogen) atoms. The van der Waals surface area contributed by atoms with Gasteiger partial charge in [0.15, 0.2) is 5.16 Å². The van der Waals surface area contributed by atoms with Gasteiger partial charge in [0.1, 0.15) is 11.8 Å². The Hall–Kier alpha value is -2.12. The first-order valence-corrected chi connectivity index (χ1v) is 9.57. The second kappa shape index (κ2) is 7.41. The Labute approximate surface area is 151 Å². The molecule has 1 N–H and O–H groups in total. The van der Waals surface area contributed by atoms with Crippen molar-refractivity contribution in [2.24, 2.45) is 0 Å². The predicted molar refractivity (Wildman–Crippen MR) is 96.3 cm³/mol. The predicted octanol–water partition coefficient (Wildman–Crippen LogP) is 3.44. The van der Waals surface area contributed by atoms with E-state index in [4.69, 9.17) is 4.42 Å². The van der Waals surface area contributed by atoms with Gasteiger partial charge in [0.25, 0.3) is 0 Å². The number of hydrogen-bond donors (Lipinski definition) is 1. The number of hydrogen-bond acceptors (Lipinski definition) is 6. The highest BCUT2D eigenvalue weighted by Gasteiger charge is 2.32. The van der Waals surface area contributed by atoms with Crippen molar-refractivity contribution in [2.45, 2.75) is 37.5 Å². The minimum atomic E-state index is 0.0270. The zero-order valence-electron chi connectivity index (χ0n) is 14.2. The number of furan rings is 1. The molecule has 0 aliphatic carbocycles. The van der Waals surface area contributed by atoms with Crippen molar-refractivity contribution < 1.29 is 4.42 Å². The lowest BCUT2D eigenvalue weighted by Crippen LogP contribution is -2.35. The van der Waals surface area contributed by atoms with Gasteiger partial charge < -0.3 is 9.40 Å². The summed E-state index contributed by atoms with van der Waals surface area (Å²) in [4.78, 5) is 19.1. The number of nitrogens with zero attached hydrogens (tertiary/aromatic N) is 4. The smallest absolute Gasteiger partial charge is 0.187 e. The van der Waals surface area contributed by atoms with Crippen molar-refractivity contribution >= 4 is 11.8 Å². The van der Waals surface area contributed by atoms with Gasteiger partial charge in [-0.2, -0.15) is 0 Å². The van der Waals surface area contributed by atoms with E-state index in [-0.39, 0.29) is 6.04 Å². The average Bonchev–Trinajstić information content (AvgIpc) is 3.32. The number of imidazole rings is 1. The second-order valence-electron chi connectivity index (χ2n) is 6.13. The van der Waals surface area contributed by atoms with Crippen LogP contribution in [0, 0.1) is 0 Å². The molecule has 6 nitrogen and oxygen atoms in total. The van der Waals surface area contributed by atoms with Gasteiger partial charge in [-0.1, -0.05) is 18.7 Å². The van der Waals surface area contributed by atoms with E-state index in [1.54, 1.807) is 24.4 Å². The number of aromatic amines is 1. The van der Waals surface area contributed by atoms with E-state index in [1.165, 1.54) is 5.69 Å². The summed E-state index contributed by atoms with van der Waals surface area (Å²) in [6.07, 6.45) is 9.44. The number of aromatic nitrogens is 4. The Morgan fingerprint density at radius 2 is 2.20 bits per heavy atom. The van der Waals surface area contributed by atoms with Crippen molar-refractivity contribution in [1.29, 1.82) is 0 Å². The maximum Gasteiger partial charge on any atom is 0.187 e. The van der Waals surface area contributed by atoms with Crippen LogP contribution in [-0.2, 0) is 13.0 Å². The molecule has 130 valence electrons. The van der Waals surface area contributed by atoms with Crippen molar-refractivity contribution in [2.75, 3.05) is 12.3 Å². The Kier molecular flexibility index (Phi) is 4.85. The van der Waals surface area contributed by atoms with Gasteiger partial charge in [0, 0.05) is 48.9 Å². The molecule has 1 unspecified atom stereocenters. The molecule has 3 aromatic rings. The van der Waals surface area contributed by atoms with E-state index >= 15 is 0 Å². The highest BCUT2D eigenvalue weighted by molar-refractivity contribution is 7.99. The molecule has 0 saturated carbocycles. The first-order valence-electron chi connectivity index (χ1n) is 8.58. The normalized spacial score (nSPS) is 17.6. The molecule has 0 saturated heterocycles. The third-order valence-electron chi connectivity index (χ3n) is 4.34. The Bertz CT molecular complexity index is 799. The van der Waals surface area contributed by atoms with Gasteiger partial charge in [0.2, 0.25) is 0 Å². The summed E-state index contributed by atoms with van der Waals surface area (Å²) in [6, 6.07) is 3.97. The summed E-state index contributed by atoms with van der Waals surface area (Å²) in [7, 11) is 0. The van der Waals surface area contributed by atoms with E-state index in [0.29, 0.717) is 0 Å². The Balaban J connectivity index is 1.55. The molecule has 0 radical (unpaired) electrons. The fourth-order valence-corrected chi connectivity index (χ4v) is 3.82. The van der Waals surface area contributed by atoms with Gasteiger partial charge >= 0.3 is 0 Å². The van der Waals surface area contributed by atoms with E-state index in [0.717, 1.165) is 53.9 Å². The molecule has 0 aromatic carbocycles. The van der Waals surface area contributed by atoms with Gasteiger partial charge in [0.05, 0.1) is 18.3 Å². The summed E-state index contributed by atoms with van der Waals surface area (Å²) in [5.74, 6) is 1.97. The average molecular weight is 355 g/mol. The Morgan fingerprint density at radius 1 is 1.32 bits per heavy atom. The molecule has 1 aliphatic rings. The van der Waals surface area contributed by atoms with Crippen LogP contribution in [0.1, 0.15) is 42.1 Å². The largest absolute Gasteiger partial charge is 0.467 e. The van der Waals surface area contributed by atoms with Crippen molar-refractivity contribution in [3.05, 3.63) is 59.8 Å². The molecule has 0 spiro atoms. The van der Waals surface area contributed by atoms with Gasteiger partial charge in [-0.05, 0) is 18.6 Å². The van der Waals surface area contributed by atoms with Crippen LogP contribution in [-0.4, -0.2) is 37.1 Å². The molecule has 0 fully saturated rings. The van der Waals surface area contributed by atoms with E-state index in [1.807, 2.05) is 24.5 Å². The standard InChI is InChI=1S/C18H21N5OS/c1-2-8-25-18-19-9-13(10-20-18)11-23-6-5-14-16(22-12-21-14)17(23)15-4-3-7-24-15/h3-4,7,9-10,12,17H,2,5-6,8,11H2,1H3,(H,21,22). The molecule has 0 amide bonds. The molecule has 4 rings (SSSR count). The third-order valence-corrected chi connectivity index (χ3v) is 5.42. The number of nitrogens with one attached hydrogen (secondary N) is 1. The first-order chi connectivity index (χ1) is 12.3. The summed E-state index contributed by atoms with van der Waals surface area (Å²) < 4.78 is 5.70. The zero-order chi connectivity index (χ0) is 17.1. The minimum Gasteiger partial charge on any atom is -0.467 e. The lowest BCUT2D eigenvalue weighted by atomic mass is 10.00. The van der Waals surface area contributed by atoms with Gasteiger partial charge in [-0.3, -0.25) is 4.90 Å². The van der Waals surface area contributed by atoms with Gasteiger partial charge in [-0.25, -0.2) is 15.0 Å². The number of rotatable bonds is 6. The van der Waals surface area contributed by atoms with Gasteiger partial charge in [-0.15, -0.1) is 0 Å². The van der Waals surface area contributed by atoms with Crippen LogP contribution in [0.2, 0.25) is 0 Å². The lowest BCUT2D eigenvalue weighted by Gasteiger charge is -2.33. The zero-order valence-corrected chi connectivity index (χ0v) is 15.0. The molecular weight excluding hydrogens is 334 g/mol. The van der Waals surface area contributed by atoms with Crippen molar-refractivity contribution in [3.8, 4) is 0 Å². The molecular formula is C18H21N5OS. The molecule has 1 aliphatic heterocycles. The van der Waals surface area contributed by atoms with Crippen LogP contribution in [0.3, 0.4) is 0 Å². The fraction of sp³-hybridized carbons (Fsp3) is 0.389. The number of thioether (sulfide) groups is 1. The monoisotopic (exact) mass is 355 g/mol. The van der Waals surface area contributed by atoms with Crippen LogP contribution in [0.4, 0.5) is 0 Å². The third kappa shape index (κ3) is 3.48. The summed E-state index contributed by atoms with van der Waals surface area (Å²) >= 11 is 1.70. The van der Waals surface area contributed by atoms with Crippen molar-refractivity contribution in [3.63, 3.8) is 0 Å². The van der Waals surface area contributed by atoms with E-state index < -0.39 is 0 Å². The Morgan fingerprint density at radius 3 is 2.96 bits per heavy atom. The maximum absolute atomic E-state index is 5.70. The molecule has 0 bridgehead atoms. The summed E-state index contributed by atoms with van der Waals surface area (Å²) in [5, 5.41) is 0.849. The van der Waals surface area contributed by atoms with Crippen molar-refractivity contribution in [1.82, 2.24) is 24.8 Å². The van der Waals surface area contributed by atoms with Crippen LogP contribution < -0.4 is 0 Å². The quantitative estimate of drug-likeness (QED) is 0.539. The van der Waals surface area contributed by atoms with E-state index in [9.17, 15) is 0 Å². The lowest BCUT2D eigenvalue weighted by molar-refractivity contribution is 0.179. The van der Waals surface area contributed by atoms with E-state index in [2.05, 4.69) is 31.8 Å². The molecule has 4 heterocycles. The van der Waals surface area contributed by atoms with Crippen LogP contribution in [0.5, 0.6) is 0 Å². The SMILES string of the molecule is CCCSc1ncc(CN2CCc3[nH]cnc3C2c2ccco2)cn1. The number of fused-ring (bicyclic) bond motifs is 1. The summed E-state index contributed by atoms with van der Waals surface area (Å²) in [5.41, 5.74) is 3.36. The highest BCUT2D eigenvalue weighted by Crippen LogP contribution is 2.34. The second-order valence-corrected chi connectivity index (χ2v) is 7.19. The van der Waals surface area contributed by atoms with Crippen LogP contribution in [0.15, 0.2) is 46.7 Å². The van der Waals surface area contributed by atoms with Crippen LogP contribution in [0.25, 0.3) is 0 Å². The molecule has 3 aromatic heterocycles. The molecule has 1 atom stereocenters. The topological polar surface area (TPSA) is 70.8 Å². The molecule has 7 heteroatoms. The number of H-pyrrole nitrogens is 1. The summed E-state index contributed by atoms with van der Waals surface area (Å²) in [6.45, 7) is 3.87. The van der Waals surface area contributed by atoms with Crippen LogP contribution >= 0.6 is 11.8 Å².